The lowest BCUT2D eigenvalue weighted by Crippen LogP contribution is -2.59. The summed E-state index contributed by atoms with van der Waals surface area (Å²) in [5, 5.41) is 11.4. The summed E-state index contributed by atoms with van der Waals surface area (Å²) in [4.78, 5) is 13.2. The summed E-state index contributed by atoms with van der Waals surface area (Å²) >= 11 is 0. The van der Waals surface area contributed by atoms with E-state index < -0.39 is 17.5 Å². The van der Waals surface area contributed by atoms with E-state index in [1.165, 1.54) is 0 Å². The van der Waals surface area contributed by atoms with Crippen molar-refractivity contribution in [3.63, 3.8) is 0 Å². The number of carbonyl (C=O) groups excluding carboxylic acids is 1. The molecule has 3 aliphatic heterocycles. The van der Waals surface area contributed by atoms with Crippen LogP contribution in [0.5, 0.6) is 5.75 Å². The van der Waals surface area contributed by atoms with E-state index in [0.29, 0.717) is 25.0 Å². The summed E-state index contributed by atoms with van der Waals surface area (Å²) in [7, 11) is 0. The van der Waals surface area contributed by atoms with Crippen LogP contribution in [0.1, 0.15) is 50.7 Å². The van der Waals surface area contributed by atoms with Gasteiger partial charge >= 0.3 is 5.97 Å². The van der Waals surface area contributed by atoms with Crippen LogP contribution in [0.3, 0.4) is 0 Å². The van der Waals surface area contributed by atoms with Gasteiger partial charge in [-0.05, 0) is 62.5 Å². The minimum Gasteiger partial charge on any atom is -0.461 e. The van der Waals surface area contributed by atoms with Crippen molar-refractivity contribution in [2.45, 2.75) is 70.1 Å². The summed E-state index contributed by atoms with van der Waals surface area (Å²) in [6.07, 6.45) is 3.07. The number of fused-ring (bicyclic) bond motifs is 5. The van der Waals surface area contributed by atoms with Gasteiger partial charge in [0.05, 0.1) is 0 Å². The van der Waals surface area contributed by atoms with Crippen molar-refractivity contribution >= 4 is 5.97 Å². The average Bonchev–Trinajstić information content (AvgIpc) is 3.11. The summed E-state index contributed by atoms with van der Waals surface area (Å²) in [5.74, 6) is 0.393. The Hall–Kier alpha value is -2.11. The minimum absolute atomic E-state index is 0.0988. The number of hydrogen-bond donors (Lipinski definition) is 1. The molecule has 0 amide bonds. The van der Waals surface area contributed by atoms with Gasteiger partial charge in [0.2, 0.25) is 6.29 Å². The largest absolute Gasteiger partial charge is 0.461 e. The van der Waals surface area contributed by atoms with Crippen molar-refractivity contribution < 1.29 is 24.1 Å². The van der Waals surface area contributed by atoms with Gasteiger partial charge in [-0.1, -0.05) is 37.3 Å². The predicted octanol–water partition coefficient (Wildman–Crippen LogP) is 4.17. The van der Waals surface area contributed by atoms with Crippen molar-refractivity contribution in [2.24, 2.45) is 17.3 Å². The number of ether oxygens (including phenoxy) is 3. The van der Waals surface area contributed by atoms with Crippen LogP contribution in [-0.4, -0.2) is 29.1 Å². The summed E-state index contributed by atoms with van der Waals surface area (Å²) in [5.41, 5.74) is 0.355. The summed E-state index contributed by atoms with van der Waals surface area (Å²) in [6, 6.07) is 5.77. The van der Waals surface area contributed by atoms with Crippen LogP contribution in [-0.2, 0) is 19.9 Å². The number of benzene rings is 1. The van der Waals surface area contributed by atoms with Crippen molar-refractivity contribution in [3.05, 3.63) is 54.1 Å². The van der Waals surface area contributed by atoms with E-state index in [1.54, 1.807) is 0 Å². The first-order valence-electron chi connectivity index (χ1n) is 10.8. The van der Waals surface area contributed by atoms with Crippen LogP contribution in [0.2, 0.25) is 0 Å². The van der Waals surface area contributed by atoms with Gasteiger partial charge in [-0.2, -0.15) is 0 Å². The fraction of sp³-hybridized carbons (Fsp3) is 0.560. The molecule has 1 spiro atoms. The molecule has 5 rings (SSSR count). The first kappa shape index (κ1) is 19.8. The van der Waals surface area contributed by atoms with Crippen molar-refractivity contribution in [2.75, 3.05) is 0 Å². The molecule has 7 atom stereocenters. The second kappa shape index (κ2) is 6.21. The highest BCUT2D eigenvalue weighted by molar-refractivity contribution is 5.83. The second-order valence-corrected chi connectivity index (χ2v) is 9.98. The van der Waals surface area contributed by atoms with Crippen LogP contribution < -0.4 is 4.74 Å². The highest BCUT2D eigenvalue weighted by Crippen LogP contribution is 2.59. The number of aliphatic hydroxyl groups is 1. The molecular weight excluding hydrogens is 380 g/mol. The number of allylic oxidation sites excluding steroid dienone is 2. The maximum Gasteiger partial charge on any atom is 0.339 e. The average molecular weight is 411 g/mol. The molecule has 1 N–H and O–H groups in total. The Balaban J connectivity index is 1.49. The number of hydrogen-bond acceptors (Lipinski definition) is 5. The lowest BCUT2D eigenvalue weighted by atomic mass is 9.58. The SMILES string of the molecule is C=C[C@]1(C)C[C@H]2OC(=O)[C@@]3(CC[C@@]4(O)c5ccc(C)cc5O[C@H]4O3)[C@H]2C[C@H]1C(=C)C. The van der Waals surface area contributed by atoms with Crippen LogP contribution in [0, 0.1) is 24.2 Å². The Morgan fingerprint density at radius 1 is 1.30 bits per heavy atom. The van der Waals surface area contributed by atoms with E-state index in [4.69, 9.17) is 14.2 Å². The Morgan fingerprint density at radius 3 is 2.77 bits per heavy atom. The van der Waals surface area contributed by atoms with E-state index in [9.17, 15) is 9.90 Å². The zero-order valence-corrected chi connectivity index (χ0v) is 17.9. The molecule has 2 saturated heterocycles. The van der Waals surface area contributed by atoms with Gasteiger partial charge in [-0.25, -0.2) is 4.79 Å². The van der Waals surface area contributed by atoms with Crippen molar-refractivity contribution in [1.82, 2.24) is 0 Å². The van der Waals surface area contributed by atoms with Crippen molar-refractivity contribution in [3.8, 4) is 5.75 Å². The third-order valence-corrected chi connectivity index (χ3v) is 8.06. The topological polar surface area (TPSA) is 65.0 Å². The quantitative estimate of drug-likeness (QED) is 0.586. The van der Waals surface area contributed by atoms with Crippen LogP contribution >= 0.6 is 0 Å². The number of carbonyl (C=O) groups is 1. The van der Waals surface area contributed by atoms with E-state index >= 15 is 0 Å². The Labute approximate surface area is 177 Å². The second-order valence-electron chi connectivity index (χ2n) is 9.98. The highest BCUT2D eigenvalue weighted by atomic mass is 16.7. The normalized spacial score (nSPS) is 43.9. The monoisotopic (exact) mass is 410 g/mol. The molecule has 5 heteroatoms. The minimum atomic E-state index is -1.25. The summed E-state index contributed by atoms with van der Waals surface area (Å²) in [6.45, 7) is 14.4. The lowest BCUT2D eigenvalue weighted by Gasteiger charge is -2.49. The Bertz CT molecular complexity index is 953. The Kier molecular flexibility index (Phi) is 4.10. The molecule has 30 heavy (non-hydrogen) atoms. The molecule has 0 radical (unpaired) electrons. The third-order valence-electron chi connectivity index (χ3n) is 8.06. The number of aryl methyl sites for hydroxylation is 1. The van der Waals surface area contributed by atoms with E-state index in [-0.39, 0.29) is 29.3 Å². The molecule has 0 unspecified atom stereocenters. The maximum atomic E-state index is 13.2. The molecule has 4 aliphatic rings. The molecule has 0 bridgehead atoms. The van der Waals surface area contributed by atoms with Crippen molar-refractivity contribution in [1.29, 1.82) is 0 Å². The summed E-state index contributed by atoms with van der Waals surface area (Å²) < 4.78 is 18.3. The zero-order chi connectivity index (χ0) is 21.5. The molecule has 0 aromatic heterocycles. The number of esters is 1. The molecule has 5 nitrogen and oxygen atoms in total. The smallest absolute Gasteiger partial charge is 0.339 e. The first-order chi connectivity index (χ1) is 14.1. The van der Waals surface area contributed by atoms with Gasteiger partial charge in [0.15, 0.2) is 11.2 Å². The standard InChI is InChI=1S/C25H30O5/c1-6-23(5)13-20-18(12-17(23)14(2)3)25(21(26)28-20)10-9-24(27)16-8-7-15(4)11-19(16)29-22(24)30-25/h6-8,11,17-18,20,22,27H,1-2,9-10,12-13H2,3-5H3/t17-,18-,20+,22-,23+,24+,25+/m0/s1. The predicted molar refractivity (Wildman–Crippen MR) is 112 cm³/mol. The molecule has 3 fully saturated rings. The van der Waals surface area contributed by atoms with Gasteiger partial charge in [0, 0.05) is 11.5 Å². The van der Waals surface area contributed by atoms with Gasteiger partial charge in [-0.3, -0.25) is 0 Å². The molecule has 1 aromatic rings. The van der Waals surface area contributed by atoms with Gasteiger partial charge in [0.25, 0.3) is 0 Å². The first-order valence-corrected chi connectivity index (χ1v) is 10.8. The molecule has 3 heterocycles. The van der Waals surface area contributed by atoms with Crippen LogP contribution in [0.4, 0.5) is 0 Å². The fourth-order valence-electron chi connectivity index (χ4n) is 6.23. The van der Waals surface area contributed by atoms with E-state index in [1.807, 2.05) is 38.1 Å². The van der Waals surface area contributed by atoms with Gasteiger partial charge in [-0.15, -0.1) is 6.58 Å². The lowest BCUT2D eigenvalue weighted by molar-refractivity contribution is -0.278. The van der Waals surface area contributed by atoms with Gasteiger partial charge < -0.3 is 19.3 Å². The van der Waals surface area contributed by atoms with Crippen LogP contribution in [0.15, 0.2) is 43.0 Å². The third kappa shape index (κ3) is 2.45. The zero-order valence-electron chi connectivity index (χ0n) is 17.9. The van der Waals surface area contributed by atoms with E-state index in [0.717, 1.165) is 23.1 Å². The number of rotatable bonds is 2. The molecular formula is C25H30O5. The molecule has 1 aromatic carbocycles. The molecule has 1 aliphatic carbocycles. The van der Waals surface area contributed by atoms with E-state index in [2.05, 4.69) is 20.1 Å². The fourth-order valence-corrected chi connectivity index (χ4v) is 6.23. The van der Waals surface area contributed by atoms with Crippen LogP contribution in [0.25, 0.3) is 0 Å². The maximum absolute atomic E-state index is 13.2. The molecule has 1 saturated carbocycles. The van der Waals surface area contributed by atoms with Gasteiger partial charge in [0.1, 0.15) is 11.9 Å². The highest BCUT2D eigenvalue weighted by Gasteiger charge is 2.68. The molecule has 160 valence electrons. The Morgan fingerprint density at radius 2 is 2.07 bits per heavy atom.